The predicted octanol–water partition coefficient (Wildman–Crippen LogP) is 4.67. The highest BCUT2D eigenvalue weighted by molar-refractivity contribution is 7.92. The number of aryl methyl sites for hydroxylation is 1. The fourth-order valence-electron chi connectivity index (χ4n) is 3.86. The summed E-state index contributed by atoms with van der Waals surface area (Å²) in [7, 11) is -3.73. The summed E-state index contributed by atoms with van der Waals surface area (Å²) in [6, 6.07) is 19.7. The van der Waals surface area contributed by atoms with E-state index in [9.17, 15) is 18.0 Å². The topological polar surface area (TPSA) is 95.6 Å². The van der Waals surface area contributed by atoms with Crippen molar-refractivity contribution in [3.05, 3.63) is 89.5 Å². The normalized spacial score (nSPS) is 13.9. The molecule has 1 aliphatic rings. The smallest absolute Gasteiger partial charge is 0.261 e. The maximum Gasteiger partial charge on any atom is 0.261 e. The Morgan fingerprint density at radius 1 is 0.824 bits per heavy atom. The predicted molar refractivity (Wildman–Crippen MR) is 133 cm³/mol. The molecule has 0 bridgehead atoms. The molecule has 0 atom stereocenters. The third-order valence-electron chi connectivity index (χ3n) is 5.78. The summed E-state index contributed by atoms with van der Waals surface area (Å²) in [6.07, 6.45) is 3.10. The molecule has 0 spiro atoms. The Hall–Kier alpha value is -3.65. The van der Waals surface area contributed by atoms with Crippen molar-refractivity contribution in [2.24, 2.45) is 0 Å². The molecule has 1 aliphatic heterocycles. The minimum absolute atomic E-state index is 0.0866. The van der Waals surface area contributed by atoms with Crippen LogP contribution in [-0.2, 0) is 10.0 Å². The number of carbonyl (C=O) groups is 2. The van der Waals surface area contributed by atoms with Crippen LogP contribution >= 0.6 is 0 Å². The number of sulfonamides is 1. The Morgan fingerprint density at radius 2 is 1.47 bits per heavy atom. The van der Waals surface area contributed by atoms with Crippen molar-refractivity contribution >= 4 is 33.2 Å². The number of benzene rings is 3. The lowest BCUT2D eigenvalue weighted by atomic mass is 10.1. The Kier molecular flexibility index (Phi) is 6.98. The first-order valence-electron chi connectivity index (χ1n) is 11.2. The van der Waals surface area contributed by atoms with E-state index in [0.29, 0.717) is 22.5 Å². The van der Waals surface area contributed by atoms with Gasteiger partial charge in [0.1, 0.15) is 0 Å². The lowest BCUT2D eigenvalue weighted by molar-refractivity contribution is 0.0725. The van der Waals surface area contributed by atoms with E-state index in [1.54, 1.807) is 48.5 Å². The summed E-state index contributed by atoms with van der Waals surface area (Å²) in [4.78, 5) is 27.8. The molecule has 2 N–H and O–H groups in total. The maximum atomic E-state index is 13.0. The number of likely N-dealkylation sites (tertiary alicyclic amines) is 1. The quantitative estimate of drug-likeness (QED) is 0.539. The van der Waals surface area contributed by atoms with E-state index in [1.807, 2.05) is 11.8 Å². The number of hydrogen-bond acceptors (Lipinski definition) is 4. The standard InChI is InChI=1S/C26H27N3O4S/c1-19-9-15-22(16-10-19)34(32,33)28-21-13-11-20(12-14-21)25(30)27-24-8-4-3-7-23(24)26(31)29-17-5-2-6-18-29/h3-4,7-16,28H,2,5-6,17-18H2,1H3,(H,27,30). The number of hydrogen-bond donors (Lipinski definition) is 2. The van der Waals surface area contributed by atoms with Crippen LogP contribution < -0.4 is 10.0 Å². The molecule has 0 unspecified atom stereocenters. The molecule has 1 heterocycles. The molecular formula is C26H27N3O4S. The van der Waals surface area contributed by atoms with Gasteiger partial charge in [0, 0.05) is 24.3 Å². The summed E-state index contributed by atoms with van der Waals surface area (Å²) >= 11 is 0. The number of piperidine rings is 1. The summed E-state index contributed by atoms with van der Waals surface area (Å²) in [5, 5.41) is 2.82. The van der Waals surface area contributed by atoms with Crippen LogP contribution in [0.15, 0.2) is 77.7 Å². The molecule has 0 saturated carbocycles. The Balaban J connectivity index is 1.46. The van der Waals surface area contributed by atoms with Gasteiger partial charge in [-0.25, -0.2) is 8.42 Å². The van der Waals surface area contributed by atoms with Crippen molar-refractivity contribution in [2.75, 3.05) is 23.1 Å². The zero-order valence-electron chi connectivity index (χ0n) is 19.0. The van der Waals surface area contributed by atoms with Gasteiger partial charge in [0.25, 0.3) is 21.8 Å². The molecule has 3 aromatic carbocycles. The second-order valence-corrected chi connectivity index (χ2v) is 10.0. The molecule has 0 aliphatic carbocycles. The second kappa shape index (κ2) is 10.1. The van der Waals surface area contributed by atoms with Crippen LogP contribution in [0.2, 0.25) is 0 Å². The molecule has 0 radical (unpaired) electrons. The summed E-state index contributed by atoms with van der Waals surface area (Å²) in [5.74, 6) is -0.469. The van der Waals surface area contributed by atoms with E-state index >= 15 is 0 Å². The third kappa shape index (κ3) is 5.46. The molecule has 34 heavy (non-hydrogen) atoms. The summed E-state index contributed by atoms with van der Waals surface area (Å²) in [5.41, 5.74) is 2.57. The number of nitrogens with zero attached hydrogens (tertiary/aromatic N) is 1. The van der Waals surface area contributed by atoms with E-state index in [-0.39, 0.29) is 16.7 Å². The minimum Gasteiger partial charge on any atom is -0.339 e. The van der Waals surface area contributed by atoms with E-state index in [1.165, 1.54) is 24.3 Å². The van der Waals surface area contributed by atoms with Crippen molar-refractivity contribution < 1.29 is 18.0 Å². The van der Waals surface area contributed by atoms with Crippen LogP contribution in [0, 0.1) is 6.92 Å². The van der Waals surface area contributed by atoms with Crippen LogP contribution in [0.3, 0.4) is 0 Å². The van der Waals surface area contributed by atoms with Crippen molar-refractivity contribution in [2.45, 2.75) is 31.1 Å². The summed E-state index contributed by atoms with van der Waals surface area (Å²) < 4.78 is 27.7. The van der Waals surface area contributed by atoms with Crippen LogP contribution in [0.1, 0.15) is 45.5 Å². The Bertz CT molecular complexity index is 1280. The van der Waals surface area contributed by atoms with Gasteiger partial charge in [-0.3, -0.25) is 14.3 Å². The molecule has 4 rings (SSSR count). The molecule has 1 fully saturated rings. The van der Waals surface area contributed by atoms with Crippen molar-refractivity contribution in [1.82, 2.24) is 4.90 Å². The fourth-order valence-corrected chi connectivity index (χ4v) is 4.92. The Morgan fingerprint density at radius 3 is 2.15 bits per heavy atom. The number of nitrogens with one attached hydrogen (secondary N) is 2. The van der Waals surface area contributed by atoms with E-state index in [4.69, 9.17) is 0 Å². The monoisotopic (exact) mass is 477 g/mol. The van der Waals surface area contributed by atoms with Crippen molar-refractivity contribution in [3.8, 4) is 0 Å². The fraction of sp³-hybridized carbons (Fsp3) is 0.231. The van der Waals surface area contributed by atoms with Gasteiger partial charge in [-0.05, 0) is 74.7 Å². The van der Waals surface area contributed by atoms with Crippen LogP contribution in [0.5, 0.6) is 0 Å². The number of amides is 2. The SMILES string of the molecule is Cc1ccc(S(=O)(=O)Nc2ccc(C(=O)Nc3ccccc3C(=O)N3CCCCC3)cc2)cc1. The molecule has 7 nitrogen and oxygen atoms in total. The summed E-state index contributed by atoms with van der Waals surface area (Å²) in [6.45, 7) is 3.33. The van der Waals surface area contributed by atoms with Gasteiger partial charge in [0.15, 0.2) is 0 Å². The number of para-hydroxylation sites is 1. The molecule has 2 amide bonds. The Labute approximate surface area is 199 Å². The first-order chi connectivity index (χ1) is 16.3. The first-order valence-corrected chi connectivity index (χ1v) is 12.7. The van der Waals surface area contributed by atoms with Crippen LogP contribution in [0.25, 0.3) is 0 Å². The molecule has 8 heteroatoms. The van der Waals surface area contributed by atoms with Gasteiger partial charge in [-0.15, -0.1) is 0 Å². The lowest BCUT2D eigenvalue weighted by Gasteiger charge is -2.27. The zero-order chi connectivity index (χ0) is 24.1. The zero-order valence-corrected chi connectivity index (χ0v) is 19.8. The average molecular weight is 478 g/mol. The highest BCUT2D eigenvalue weighted by Gasteiger charge is 2.21. The van der Waals surface area contributed by atoms with Gasteiger partial charge in [0.05, 0.1) is 16.1 Å². The van der Waals surface area contributed by atoms with Crippen molar-refractivity contribution in [3.63, 3.8) is 0 Å². The minimum atomic E-state index is -3.73. The van der Waals surface area contributed by atoms with E-state index in [0.717, 1.165) is 37.9 Å². The molecule has 176 valence electrons. The van der Waals surface area contributed by atoms with E-state index in [2.05, 4.69) is 10.0 Å². The molecule has 3 aromatic rings. The van der Waals surface area contributed by atoms with Crippen LogP contribution in [0.4, 0.5) is 11.4 Å². The average Bonchev–Trinajstić information content (AvgIpc) is 2.85. The largest absolute Gasteiger partial charge is 0.339 e. The molecular weight excluding hydrogens is 450 g/mol. The number of rotatable bonds is 6. The first kappa shape index (κ1) is 23.5. The number of carbonyl (C=O) groups excluding carboxylic acids is 2. The number of anilines is 2. The lowest BCUT2D eigenvalue weighted by Crippen LogP contribution is -2.36. The van der Waals surface area contributed by atoms with Gasteiger partial charge in [-0.2, -0.15) is 0 Å². The van der Waals surface area contributed by atoms with Gasteiger partial charge >= 0.3 is 0 Å². The van der Waals surface area contributed by atoms with E-state index < -0.39 is 10.0 Å². The van der Waals surface area contributed by atoms with Crippen molar-refractivity contribution in [1.29, 1.82) is 0 Å². The van der Waals surface area contributed by atoms with Crippen LogP contribution in [-0.4, -0.2) is 38.2 Å². The second-order valence-electron chi connectivity index (χ2n) is 8.35. The van der Waals surface area contributed by atoms with Gasteiger partial charge in [0.2, 0.25) is 0 Å². The van der Waals surface area contributed by atoms with Gasteiger partial charge < -0.3 is 10.2 Å². The molecule has 0 aromatic heterocycles. The van der Waals surface area contributed by atoms with Gasteiger partial charge in [-0.1, -0.05) is 29.8 Å². The third-order valence-corrected chi connectivity index (χ3v) is 7.18. The maximum absolute atomic E-state index is 13.0. The highest BCUT2D eigenvalue weighted by atomic mass is 32.2. The molecule has 1 saturated heterocycles. The highest BCUT2D eigenvalue weighted by Crippen LogP contribution is 2.22.